The second-order valence-corrected chi connectivity index (χ2v) is 21.5. The molecule has 68 heavy (non-hydrogen) atoms. The molecule has 0 aliphatic carbocycles. The highest BCUT2D eigenvalue weighted by Crippen LogP contribution is 2.43. The molecule has 0 radical (unpaired) electrons. The van der Waals surface area contributed by atoms with E-state index < -0.39 is 20.0 Å². The summed E-state index contributed by atoms with van der Waals surface area (Å²) in [6, 6.07) is -0.862. The van der Waals surface area contributed by atoms with Gasteiger partial charge in [-0.05, 0) is 70.3 Å². The van der Waals surface area contributed by atoms with Crippen LogP contribution < -0.4 is 5.32 Å². The number of phosphoric ester groups is 1. The van der Waals surface area contributed by atoms with Gasteiger partial charge in [-0.3, -0.25) is 18.6 Å². The largest absolute Gasteiger partial charge is 0.472 e. The molecule has 9 nitrogen and oxygen atoms in total. The Kier molecular flexibility index (Phi) is 46.7. The van der Waals surface area contributed by atoms with Crippen molar-refractivity contribution in [2.24, 2.45) is 0 Å². The predicted molar refractivity (Wildman–Crippen MR) is 291 cm³/mol. The van der Waals surface area contributed by atoms with Gasteiger partial charge in [0.25, 0.3) is 0 Å². The van der Waals surface area contributed by atoms with Crippen LogP contribution in [-0.4, -0.2) is 74.3 Å². The number of rotatable bonds is 50. The minimum Gasteiger partial charge on any atom is -0.456 e. The molecule has 0 bridgehead atoms. The van der Waals surface area contributed by atoms with Gasteiger partial charge in [0.05, 0.1) is 33.8 Å². The molecule has 0 aromatic heterocycles. The van der Waals surface area contributed by atoms with Crippen LogP contribution >= 0.6 is 7.82 Å². The molecule has 0 rings (SSSR count). The first-order chi connectivity index (χ1) is 32.9. The molecule has 0 saturated carbocycles. The first-order valence-corrected chi connectivity index (χ1v) is 29.6. The maximum absolute atomic E-state index is 13.5. The van der Waals surface area contributed by atoms with Crippen molar-refractivity contribution in [1.82, 2.24) is 5.32 Å². The van der Waals surface area contributed by atoms with E-state index >= 15 is 0 Å². The summed E-state index contributed by atoms with van der Waals surface area (Å²) < 4.78 is 30.6. The summed E-state index contributed by atoms with van der Waals surface area (Å²) in [6.07, 6.45) is 59.3. The lowest BCUT2D eigenvalue weighted by Gasteiger charge is -2.27. The van der Waals surface area contributed by atoms with Gasteiger partial charge in [0.2, 0.25) is 5.91 Å². The van der Waals surface area contributed by atoms with Crippen LogP contribution in [0.5, 0.6) is 0 Å². The number of carbonyl (C=O) groups excluding carboxylic acids is 2. The third-order valence-electron chi connectivity index (χ3n) is 12.2. The second-order valence-electron chi connectivity index (χ2n) is 20.1. The number of likely N-dealkylation sites (N-methyl/N-ethyl adjacent to an activating group) is 1. The number of allylic oxidation sites excluding steroid dienone is 9. The number of phosphoric acid groups is 1. The Labute approximate surface area is 420 Å². The lowest BCUT2D eigenvalue weighted by molar-refractivity contribution is -0.870. The number of carbonyl (C=O) groups is 2. The highest BCUT2D eigenvalue weighted by Gasteiger charge is 2.30. The molecule has 10 heteroatoms. The SMILES string of the molecule is CC/C=C/C/C=C/C/C=C/C/C=C/CCCCCC(=O)NC(COP(=O)(O)OCC[N+](C)(C)C)C(/C=C/CCCCCCCCCCCC)OC(=O)CCCCCCCCCCCCCCCC. The molecule has 3 atom stereocenters. The van der Waals surface area contributed by atoms with E-state index in [1.165, 1.54) is 122 Å². The highest BCUT2D eigenvalue weighted by molar-refractivity contribution is 7.47. The Bertz CT molecular complexity index is 1350. The average Bonchev–Trinajstić information content (AvgIpc) is 3.29. The van der Waals surface area contributed by atoms with Crippen LogP contribution in [0.15, 0.2) is 60.8 Å². The number of ether oxygens (including phenoxy) is 1. The zero-order valence-electron chi connectivity index (χ0n) is 45.1. The smallest absolute Gasteiger partial charge is 0.456 e. The number of esters is 1. The van der Waals surface area contributed by atoms with Crippen molar-refractivity contribution in [3.8, 4) is 0 Å². The third kappa shape index (κ3) is 48.7. The second kappa shape index (κ2) is 48.3. The summed E-state index contributed by atoms with van der Waals surface area (Å²) in [5, 5.41) is 3.03. The van der Waals surface area contributed by atoms with Crippen LogP contribution in [0.1, 0.15) is 245 Å². The molecule has 0 spiro atoms. The van der Waals surface area contributed by atoms with Gasteiger partial charge in [-0.25, -0.2) is 4.57 Å². The van der Waals surface area contributed by atoms with Crippen LogP contribution in [0.25, 0.3) is 0 Å². The van der Waals surface area contributed by atoms with Gasteiger partial charge in [0, 0.05) is 12.8 Å². The van der Waals surface area contributed by atoms with Crippen LogP contribution in [0, 0.1) is 0 Å². The van der Waals surface area contributed by atoms with Gasteiger partial charge in [-0.15, -0.1) is 0 Å². The standard InChI is InChI=1S/C58H107N2O7P/c1-7-10-13-16-19-22-25-28-30-31-32-35-38-41-44-47-50-57(61)59-55(54-66-68(63,64)65-53-52-60(4,5)6)56(49-46-43-40-37-34-27-24-21-18-15-12-9-3)67-58(62)51-48-45-42-39-36-33-29-26-23-20-17-14-11-8-2/h10,13,19,22,28,30,32,35,46,49,55-56H,7-9,11-12,14-18,20-21,23-27,29,31,33-34,36-45,47-48,50-54H2,1-6H3,(H-,59,61,63,64)/p+1/b13-10+,22-19+,30-28+,35-32+,49-46+. The number of hydrogen-bond acceptors (Lipinski definition) is 6. The molecule has 1 amide bonds. The van der Waals surface area contributed by atoms with Crippen molar-refractivity contribution < 1.29 is 37.3 Å². The Hall–Kier alpha value is -2.29. The summed E-state index contributed by atoms with van der Waals surface area (Å²) >= 11 is 0. The summed E-state index contributed by atoms with van der Waals surface area (Å²) in [5.41, 5.74) is 0. The molecule has 3 unspecified atom stereocenters. The van der Waals surface area contributed by atoms with E-state index in [1.54, 1.807) is 0 Å². The summed E-state index contributed by atoms with van der Waals surface area (Å²) in [6.45, 7) is 6.87. The van der Waals surface area contributed by atoms with Crippen LogP contribution in [-0.2, 0) is 27.9 Å². The quantitative estimate of drug-likeness (QED) is 0.0205. The summed E-state index contributed by atoms with van der Waals surface area (Å²) in [7, 11) is 1.47. The Morgan fingerprint density at radius 3 is 1.43 bits per heavy atom. The fraction of sp³-hybridized carbons (Fsp3) is 0.793. The van der Waals surface area contributed by atoms with E-state index in [1.807, 2.05) is 33.3 Å². The van der Waals surface area contributed by atoms with E-state index in [0.717, 1.165) is 83.5 Å². The number of quaternary nitrogens is 1. The van der Waals surface area contributed by atoms with Gasteiger partial charge < -0.3 is 19.4 Å². The summed E-state index contributed by atoms with van der Waals surface area (Å²) in [4.78, 5) is 37.5. The molecule has 0 aromatic rings. The number of hydrogen-bond donors (Lipinski definition) is 2. The molecule has 0 aromatic carbocycles. The molecule has 0 saturated heterocycles. The minimum absolute atomic E-state index is 0.0333. The van der Waals surface area contributed by atoms with E-state index in [2.05, 4.69) is 74.7 Å². The van der Waals surface area contributed by atoms with Crippen molar-refractivity contribution in [1.29, 1.82) is 0 Å². The van der Waals surface area contributed by atoms with E-state index in [0.29, 0.717) is 23.9 Å². The fourth-order valence-electron chi connectivity index (χ4n) is 7.87. The Morgan fingerprint density at radius 1 is 0.529 bits per heavy atom. The van der Waals surface area contributed by atoms with E-state index in [9.17, 15) is 19.0 Å². The van der Waals surface area contributed by atoms with Crippen molar-refractivity contribution in [3.63, 3.8) is 0 Å². The zero-order valence-corrected chi connectivity index (χ0v) is 46.0. The maximum atomic E-state index is 13.5. The molecule has 2 N–H and O–H groups in total. The Balaban J connectivity index is 5.42. The molecule has 0 aliphatic heterocycles. The lowest BCUT2D eigenvalue weighted by atomic mass is 10.0. The molecule has 0 heterocycles. The van der Waals surface area contributed by atoms with E-state index in [4.69, 9.17) is 13.8 Å². The maximum Gasteiger partial charge on any atom is 0.472 e. The predicted octanol–water partition coefficient (Wildman–Crippen LogP) is 16.7. The third-order valence-corrected chi connectivity index (χ3v) is 13.2. The molecule has 396 valence electrons. The molecular formula is C58H108N2O7P+. The van der Waals surface area contributed by atoms with Crippen LogP contribution in [0.4, 0.5) is 0 Å². The molecular weight excluding hydrogens is 868 g/mol. The van der Waals surface area contributed by atoms with Gasteiger partial charge in [-0.1, -0.05) is 223 Å². The monoisotopic (exact) mass is 976 g/mol. The van der Waals surface area contributed by atoms with Gasteiger partial charge >= 0.3 is 13.8 Å². The van der Waals surface area contributed by atoms with Crippen molar-refractivity contribution in [2.75, 3.05) is 40.9 Å². The Morgan fingerprint density at radius 2 is 0.941 bits per heavy atom. The van der Waals surface area contributed by atoms with Gasteiger partial charge in [0.15, 0.2) is 0 Å². The first kappa shape index (κ1) is 65.7. The van der Waals surface area contributed by atoms with Gasteiger partial charge in [0.1, 0.15) is 19.3 Å². The zero-order chi connectivity index (χ0) is 50.1. The van der Waals surface area contributed by atoms with Crippen molar-refractivity contribution in [3.05, 3.63) is 60.8 Å². The number of nitrogens with one attached hydrogen (secondary N) is 1. The average molecular weight is 976 g/mol. The van der Waals surface area contributed by atoms with Crippen molar-refractivity contribution >= 4 is 19.7 Å². The highest BCUT2D eigenvalue weighted by atomic mass is 31.2. The van der Waals surface area contributed by atoms with Gasteiger partial charge in [-0.2, -0.15) is 0 Å². The minimum atomic E-state index is -4.45. The van der Waals surface area contributed by atoms with Crippen molar-refractivity contribution in [2.45, 2.75) is 258 Å². The molecule has 0 aliphatic rings. The number of amides is 1. The van der Waals surface area contributed by atoms with Crippen LogP contribution in [0.2, 0.25) is 0 Å². The fourth-order valence-corrected chi connectivity index (χ4v) is 8.61. The van der Waals surface area contributed by atoms with Crippen LogP contribution in [0.3, 0.4) is 0 Å². The number of unbranched alkanes of at least 4 members (excludes halogenated alkanes) is 26. The normalized spacial score (nSPS) is 14.3. The molecule has 0 fully saturated rings. The van der Waals surface area contributed by atoms with E-state index in [-0.39, 0.29) is 31.5 Å². The number of nitrogens with zero attached hydrogens (tertiary/aromatic N) is 1. The first-order valence-electron chi connectivity index (χ1n) is 28.1. The lowest BCUT2D eigenvalue weighted by Crippen LogP contribution is -2.47. The topological polar surface area (TPSA) is 111 Å². The summed E-state index contributed by atoms with van der Waals surface area (Å²) in [5.74, 6) is -0.538.